The minimum absolute atomic E-state index is 0.0295. The van der Waals surface area contributed by atoms with Gasteiger partial charge in [-0.25, -0.2) is 0 Å². The maximum Gasteiger partial charge on any atom is 0.230 e. The van der Waals surface area contributed by atoms with E-state index >= 15 is 0 Å². The Labute approximate surface area is 151 Å². The van der Waals surface area contributed by atoms with Crippen LogP contribution in [0.3, 0.4) is 0 Å². The maximum absolute atomic E-state index is 13.0. The lowest BCUT2D eigenvalue weighted by Gasteiger charge is -2.29. The summed E-state index contributed by atoms with van der Waals surface area (Å²) in [5.41, 5.74) is 3.52. The molecule has 0 heterocycles. The van der Waals surface area contributed by atoms with E-state index in [0.717, 1.165) is 35.0 Å². The quantitative estimate of drug-likeness (QED) is 0.770. The van der Waals surface area contributed by atoms with Gasteiger partial charge in [0.2, 0.25) is 5.91 Å². The van der Waals surface area contributed by atoms with Crippen molar-refractivity contribution in [3.8, 4) is 5.75 Å². The largest absolute Gasteiger partial charge is 0.496 e. The Kier molecular flexibility index (Phi) is 5.24. The molecule has 0 aromatic heterocycles. The summed E-state index contributed by atoms with van der Waals surface area (Å²) in [5.74, 6) is 0.962. The second-order valence-corrected chi connectivity index (χ2v) is 7.21. The van der Waals surface area contributed by atoms with Gasteiger partial charge in [0, 0.05) is 23.6 Å². The lowest BCUT2D eigenvalue weighted by atomic mass is 9.82. The third-order valence-corrected chi connectivity index (χ3v) is 5.19. The summed E-state index contributed by atoms with van der Waals surface area (Å²) < 4.78 is 6.41. The number of likely N-dealkylation sites (N-methyl/N-ethyl adjacent to an activating group) is 1. The number of methoxy groups -OCH3 is 1. The fourth-order valence-electron chi connectivity index (χ4n) is 3.48. The number of rotatable bonds is 4. The van der Waals surface area contributed by atoms with E-state index in [1.165, 1.54) is 11.1 Å². The van der Waals surface area contributed by atoms with Crippen LogP contribution in [0, 0.1) is 0 Å². The van der Waals surface area contributed by atoms with Crippen LogP contribution >= 0.6 is 15.9 Å². The highest BCUT2D eigenvalue weighted by Gasteiger charge is 2.28. The molecule has 126 valence electrons. The number of hydrogen-bond donors (Lipinski definition) is 0. The van der Waals surface area contributed by atoms with E-state index in [9.17, 15) is 4.79 Å². The minimum Gasteiger partial charge on any atom is -0.496 e. The van der Waals surface area contributed by atoms with Crippen LogP contribution in [0.4, 0.5) is 0 Å². The summed E-state index contributed by atoms with van der Waals surface area (Å²) in [7, 11) is 3.53. The van der Waals surface area contributed by atoms with Crippen molar-refractivity contribution >= 4 is 21.8 Å². The third-order valence-electron chi connectivity index (χ3n) is 4.69. The number of aryl methyl sites for hydroxylation is 1. The van der Waals surface area contributed by atoms with Gasteiger partial charge >= 0.3 is 0 Å². The second-order valence-electron chi connectivity index (χ2n) is 6.29. The number of fused-ring (bicyclic) bond motifs is 1. The van der Waals surface area contributed by atoms with Gasteiger partial charge in [0.25, 0.3) is 0 Å². The van der Waals surface area contributed by atoms with Gasteiger partial charge in [-0.2, -0.15) is 0 Å². The Morgan fingerprint density at radius 1 is 1.29 bits per heavy atom. The number of amides is 1. The Morgan fingerprint density at radius 3 is 2.88 bits per heavy atom. The van der Waals surface area contributed by atoms with E-state index in [0.29, 0.717) is 6.54 Å². The Balaban J connectivity index is 1.80. The summed E-state index contributed by atoms with van der Waals surface area (Å²) in [5, 5.41) is 0. The summed E-state index contributed by atoms with van der Waals surface area (Å²) in [6, 6.07) is 14.2. The van der Waals surface area contributed by atoms with E-state index in [1.807, 2.05) is 36.2 Å². The van der Waals surface area contributed by atoms with Gasteiger partial charge in [-0.1, -0.05) is 40.2 Å². The molecule has 0 saturated heterocycles. The van der Waals surface area contributed by atoms with E-state index in [-0.39, 0.29) is 11.8 Å². The fraction of sp³-hybridized carbons (Fsp3) is 0.350. The van der Waals surface area contributed by atoms with Crippen molar-refractivity contribution in [3.05, 3.63) is 63.6 Å². The number of carbonyl (C=O) groups excluding carboxylic acids is 1. The molecule has 24 heavy (non-hydrogen) atoms. The molecule has 0 saturated carbocycles. The van der Waals surface area contributed by atoms with Crippen LogP contribution in [-0.2, 0) is 17.8 Å². The molecule has 3 nitrogen and oxygen atoms in total. The molecule has 1 aliphatic carbocycles. The van der Waals surface area contributed by atoms with Gasteiger partial charge in [0.1, 0.15) is 5.75 Å². The molecular weight excluding hydrogens is 366 g/mol. The molecule has 3 rings (SSSR count). The molecule has 4 heteroatoms. The molecule has 0 aliphatic heterocycles. The lowest BCUT2D eigenvalue weighted by molar-refractivity contribution is -0.132. The second kappa shape index (κ2) is 7.39. The summed E-state index contributed by atoms with van der Waals surface area (Å²) in [4.78, 5) is 14.8. The molecule has 1 atom stereocenters. The topological polar surface area (TPSA) is 29.5 Å². The van der Waals surface area contributed by atoms with Crippen LogP contribution in [0.2, 0.25) is 0 Å². The first-order chi connectivity index (χ1) is 11.6. The molecule has 0 radical (unpaired) electrons. The van der Waals surface area contributed by atoms with Crippen molar-refractivity contribution in [3.63, 3.8) is 0 Å². The molecule has 0 unspecified atom stereocenters. The van der Waals surface area contributed by atoms with Crippen LogP contribution < -0.4 is 4.74 Å². The molecule has 2 aromatic rings. The van der Waals surface area contributed by atoms with Gasteiger partial charge in [0.15, 0.2) is 0 Å². The van der Waals surface area contributed by atoms with Gasteiger partial charge < -0.3 is 9.64 Å². The molecule has 0 N–H and O–H groups in total. The zero-order chi connectivity index (χ0) is 17.1. The molecule has 1 amide bonds. The fourth-order valence-corrected chi connectivity index (χ4v) is 3.89. The van der Waals surface area contributed by atoms with Crippen molar-refractivity contribution < 1.29 is 9.53 Å². The number of nitrogens with zero attached hydrogens (tertiary/aromatic N) is 1. The van der Waals surface area contributed by atoms with Gasteiger partial charge in [-0.3, -0.25) is 4.79 Å². The van der Waals surface area contributed by atoms with Crippen molar-refractivity contribution in [2.24, 2.45) is 0 Å². The maximum atomic E-state index is 13.0. The lowest BCUT2D eigenvalue weighted by Crippen LogP contribution is -2.33. The molecule has 0 fully saturated rings. The Morgan fingerprint density at radius 2 is 2.08 bits per heavy atom. The Hall–Kier alpha value is -1.81. The van der Waals surface area contributed by atoms with E-state index in [4.69, 9.17) is 4.74 Å². The predicted octanol–water partition coefficient (Wildman–Crippen LogP) is 4.54. The van der Waals surface area contributed by atoms with Crippen LogP contribution in [0.1, 0.15) is 35.4 Å². The average molecular weight is 388 g/mol. The number of ether oxygens (including phenoxy) is 1. The number of carbonyl (C=O) groups is 1. The van der Waals surface area contributed by atoms with Crippen molar-refractivity contribution in [1.82, 2.24) is 4.90 Å². The number of hydrogen-bond acceptors (Lipinski definition) is 2. The van der Waals surface area contributed by atoms with Crippen LogP contribution in [0.15, 0.2) is 46.9 Å². The molecule has 0 bridgehead atoms. The first-order valence-electron chi connectivity index (χ1n) is 8.25. The molecule has 0 spiro atoms. The highest BCUT2D eigenvalue weighted by molar-refractivity contribution is 9.10. The summed E-state index contributed by atoms with van der Waals surface area (Å²) >= 11 is 3.49. The number of benzene rings is 2. The zero-order valence-corrected chi connectivity index (χ0v) is 15.7. The Bertz CT molecular complexity index is 744. The standard InChI is InChI=1S/C20H22BrNO2/c1-22(13-15-12-16(21)10-11-19(15)24-2)20(23)18-9-5-7-14-6-3-4-8-17(14)18/h3-4,6,8,10-12,18H,5,7,9,13H2,1-2H3/t18-/m1/s1. The van der Waals surface area contributed by atoms with E-state index in [2.05, 4.69) is 34.1 Å². The monoisotopic (exact) mass is 387 g/mol. The third kappa shape index (κ3) is 3.48. The van der Waals surface area contributed by atoms with E-state index in [1.54, 1.807) is 7.11 Å². The zero-order valence-electron chi connectivity index (χ0n) is 14.1. The highest BCUT2D eigenvalue weighted by atomic mass is 79.9. The van der Waals surface area contributed by atoms with Crippen molar-refractivity contribution in [2.45, 2.75) is 31.7 Å². The van der Waals surface area contributed by atoms with Crippen LogP contribution in [-0.4, -0.2) is 25.0 Å². The van der Waals surface area contributed by atoms with Crippen molar-refractivity contribution in [1.29, 1.82) is 0 Å². The summed E-state index contributed by atoms with van der Waals surface area (Å²) in [6.07, 6.45) is 3.07. The highest BCUT2D eigenvalue weighted by Crippen LogP contribution is 2.33. The van der Waals surface area contributed by atoms with Gasteiger partial charge in [-0.15, -0.1) is 0 Å². The van der Waals surface area contributed by atoms with Gasteiger partial charge in [-0.05, 0) is 48.6 Å². The minimum atomic E-state index is -0.0295. The van der Waals surface area contributed by atoms with Crippen LogP contribution in [0.5, 0.6) is 5.75 Å². The molecule has 1 aliphatic rings. The SMILES string of the molecule is COc1ccc(Br)cc1CN(C)C(=O)[C@@H]1CCCc2ccccc21. The first kappa shape index (κ1) is 17.0. The van der Waals surface area contributed by atoms with Gasteiger partial charge in [0.05, 0.1) is 13.0 Å². The number of halogens is 1. The van der Waals surface area contributed by atoms with Crippen molar-refractivity contribution in [2.75, 3.05) is 14.2 Å². The predicted molar refractivity (Wildman–Crippen MR) is 99.3 cm³/mol. The average Bonchev–Trinajstić information content (AvgIpc) is 2.61. The smallest absolute Gasteiger partial charge is 0.230 e. The first-order valence-corrected chi connectivity index (χ1v) is 9.04. The normalized spacial score (nSPS) is 16.4. The molecule has 2 aromatic carbocycles. The van der Waals surface area contributed by atoms with Crippen LogP contribution in [0.25, 0.3) is 0 Å². The summed E-state index contributed by atoms with van der Waals surface area (Å²) in [6.45, 7) is 0.542. The van der Waals surface area contributed by atoms with E-state index < -0.39 is 0 Å². The molecular formula is C20H22BrNO2.